The molecule has 1 saturated heterocycles. The van der Waals surface area contributed by atoms with Crippen molar-refractivity contribution in [1.82, 2.24) is 0 Å². The molecule has 0 amide bonds. The summed E-state index contributed by atoms with van der Waals surface area (Å²) in [6, 6.07) is 0. The third-order valence-corrected chi connectivity index (χ3v) is 13.0. The molecule has 13 heteroatoms. The quantitative estimate of drug-likeness (QED) is 0.0197. The molecular formula is C53H100O12S. The van der Waals surface area contributed by atoms with Crippen LogP contribution in [0.2, 0.25) is 0 Å². The molecule has 0 aromatic carbocycles. The minimum absolute atomic E-state index is 0.0375. The number of aliphatic hydroxyl groups is 3. The summed E-state index contributed by atoms with van der Waals surface area (Å²) in [4.78, 5) is 12.9. The SMILES string of the molecule is CCCCCC/C=C\C/C=C\CCCCCCCCCC(=O)OC(COCCCCCCCCCCCCCCCCCCCCCCC)COC1OC(CO)C(O)C(OS(=O)(=O)O)C1O. The molecule has 1 rings (SSSR count). The number of allylic oxidation sites excluding steroid dienone is 4. The van der Waals surface area contributed by atoms with Gasteiger partial charge in [0.05, 0.1) is 19.8 Å². The summed E-state index contributed by atoms with van der Waals surface area (Å²) >= 11 is 0. The Kier molecular flexibility index (Phi) is 42.5. The Bertz CT molecular complexity index is 1250. The molecule has 390 valence electrons. The van der Waals surface area contributed by atoms with Crippen LogP contribution in [0.15, 0.2) is 24.3 Å². The molecule has 0 saturated carbocycles. The second kappa shape index (κ2) is 44.8. The van der Waals surface area contributed by atoms with Crippen LogP contribution in [0.1, 0.15) is 245 Å². The van der Waals surface area contributed by atoms with Crippen LogP contribution in [0, 0.1) is 0 Å². The fraction of sp³-hybridized carbons (Fsp3) is 0.906. The van der Waals surface area contributed by atoms with Crippen LogP contribution in [0.25, 0.3) is 0 Å². The van der Waals surface area contributed by atoms with Crippen molar-refractivity contribution in [2.75, 3.05) is 26.4 Å². The number of carbonyl (C=O) groups excluding carboxylic acids is 1. The first-order valence-corrected chi connectivity index (χ1v) is 28.5. The lowest BCUT2D eigenvalue weighted by atomic mass is 9.99. The Labute approximate surface area is 403 Å². The monoisotopic (exact) mass is 961 g/mol. The van der Waals surface area contributed by atoms with Gasteiger partial charge in [0.25, 0.3) is 0 Å². The minimum atomic E-state index is -5.06. The maximum atomic E-state index is 12.9. The van der Waals surface area contributed by atoms with Gasteiger partial charge in [0.15, 0.2) is 6.29 Å². The van der Waals surface area contributed by atoms with Gasteiger partial charge < -0.3 is 34.3 Å². The number of carbonyl (C=O) groups is 1. The van der Waals surface area contributed by atoms with E-state index in [0.717, 1.165) is 51.4 Å². The van der Waals surface area contributed by atoms with Gasteiger partial charge in [-0.1, -0.05) is 218 Å². The maximum absolute atomic E-state index is 12.9. The summed E-state index contributed by atoms with van der Waals surface area (Å²) in [5, 5.41) is 30.8. The first-order valence-electron chi connectivity index (χ1n) is 27.1. The highest BCUT2D eigenvalue weighted by atomic mass is 32.3. The standard InChI is InChI=1S/C53H100O12S/c1-3-5-7-9-11-13-15-17-19-21-23-24-25-27-29-31-33-35-37-39-41-43-61-45-47(46-62-53-51(57)52(65-66(58,59)60)50(56)48(44-54)64-53)63-49(55)42-40-38-36-34-32-30-28-26-22-20-18-16-14-12-10-8-6-4-2/h14,16,20,22,47-48,50-54,56-57H,3-13,15,17-19,21,23-46H2,1-2H3,(H,58,59,60)/b16-14-,22-20-. The summed E-state index contributed by atoms with van der Waals surface area (Å²) in [6.45, 7) is 4.02. The van der Waals surface area contributed by atoms with Crippen molar-refractivity contribution in [2.24, 2.45) is 0 Å². The summed E-state index contributed by atoms with van der Waals surface area (Å²) in [5.74, 6) is -0.402. The predicted molar refractivity (Wildman–Crippen MR) is 267 cm³/mol. The second-order valence-electron chi connectivity index (χ2n) is 18.8. The molecule has 6 unspecified atom stereocenters. The summed E-state index contributed by atoms with van der Waals surface area (Å²) in [5.41, 5.74) is 0. The van der Waals surface area contributed by atoms with Crippen molar-refractivity contribution in [3.63, 3.8) is 0 Å². The van der Waals surface area contributed by atoms with E-state index in [-0.39, 0.29) is 19.6 Å². The van der Waals surface area contributed by atoms with E-state index in [1.54, 1.807) is 0 Å². The highest BCUT2D eigenvalue weighted by Crippen LogP contribution is 2.26. The molecule has 1 heterocycles. The Morgan fingerprint density at radius 1 is 0.576 bits per heavy atom. The molecule has 0 aromatic heterocycles. The molecule has 0 spiro atoms. The number of rotatable bonds is 48. The van der Waals surface area contributed by atoms with E-state index in [1.807, 2.05) is 0 Å². The van der Waals surface area contributed by atoms with Crippen molar-refractivity contribution in [2.45, 2.75) is 282 Å². The smallest absolute Gasteiger partial charge is 0.397 e. The fourth-order valence-corrected chi connectivity index (χ4v) is 8.98. The zero-order valence-corrected chi connectivity index (χ0v) is 42.8. The van der Waals surface area contributed by atoms with Gasteiger partial charge in [-0.2, -0.15) is 8.42 Å². The number of hydrogen-bond donors (Lipinski definition) is 4. The largest absolute Gasteiger partial charge is 0.457 e. The highest BCUT2D eigenvalue weighted by molar-refractivity contribution is 7.80. The van der Waals surface area contributed by atoms with Gasteiger partial charge in [-0.3, -0.25) is 9.35 Å². The van der Waals surface area contributed by atoms with Crippen molar-refractivity contribution >= 4 is 16.4 Å². The molecule has 6 atom stereocenters. The highest BCUT2D eigenvalue weighted by Gasteiger charge is 2.48. The van der Waals surface area contributed by atoms with Gasteiger partial charge >= 0.3 is 16.4 Å². The van der Waals surface area contributed by atoms with E-state index in [0.29, 0.717) is 13.0 Å². The summed E-state index contributed by atoms with van der Waals surface area (Å²) in [7, 11) is -5.06. The summed E-state index contributed by atoms with van der Waals surface area (Å²) in [6.07, 6.45) is 43.5. The average Bonchev–Trinajstić information content (AvgIpc) is 3.29. The van der Waals surface area contributed by atoms with Crippen LogP contribution in [0.5, 0.6) is 0 Å². The zero-order valence-electron chi connectivity index (χ0n) is 42.0. The molecular weight excluding hydrogens is 861 g/mol. The van der Waals surface area contributed by atoms with Crippen molar-refractivity contribution in [1.29, 1.82) is 0 Å². The lowest BCUT2D eigenvalue weighted by Gasteiger charge is -2.41. The Balaban J connectivity index is 2.33. The molecule has 12 nitrogen and oxygen atoms in total. The normalized spacial score (nSPS) is 19.6. The van der Waals surface area contributed by atoms with Crippen LogP contribution >= 0.6 is 0 Å². The van der Waals surface area contributed by atoms with Crippen LogP contribution in [-0.4, -0.2) is 97.5 Å². The molecule has 4 N–H and O–H groups in total. The molecule has 1 fully saturated rings. The first kappa shape index (κ1) is 62.6. The van der Waals surface area contributed by atoms with E-state index in [4.69, 9.17) is 18.9 Å². The zero-order chi connectivity index (χ0) is 48.2. The van der Waals surface area contributed by atoms with Gasteiger partial charge in [0.1, 0.15) is 30.5 Å². The second-order valence-corrected chi connectivity index (χ2v) is 19.9. The van der Waals surface area contributed by atoms with E-state index in [9.17, 15) is 33.1 Å². The topological polar surface area (TPSA) is 178 Å². The van der Waals surface area contributed by atoms with Gasteiger partial charge in [-0.25, -0.2) is 4.18 Å². The number of ether oxygens (including phenoxy) is 4. The van der Waals surface area contributed by atoms with Gasteiger partial charge in [-0.05, 0) is 44.9 Å². The molecule has 66 heavy (non-hydrogen) atoms. The van der Waals surface area contributed by atoms with Crippen LogP contribution < -0.4 is 0 Å². The number of hydrogen-bond acceptors (Lipinski definition) is 11. The number of unbranched alkanes of at least 4 members (excludes halogenated alkanes) is 31. The maximum Gasteiger partial charge on any atom is 0.397 e. The van der Waals surface area contributed by atoms with E-state index < -0.39 is 59.8 Å². The van der Waals surface area contributed by atoms with Crippen LogP contribution in [0.4, 0.5) is 0 Å². The Morgan fingerprint density at radius 3 is 1.45 bits per heavy atom. The molecule has 0 bridgehead atoms. The van der Waals surface area contributed by atoms with Gasteiger partial charge in [-0.15, -0.1) is 0 Å². The fourth-order valence-electron chi connectivity index (χ4n) is 8.47. The van der Waals surface area contributed by atoms with E-state index in [1.165, 1.54) is 167 Å². The average molecular weight is 961 g/mol. The van der Waals surface area contributed by atoms with Crippen molar-refractivity contribution < 1.29 is 56.2 Å². The summed E-state index contributed by atoms with van der Waals surface area (Å²) < 4.78 is 59.3. The number of esters is 1. The first-order chi connectivity index (χ1) is 32.1. The van der Waals surface area contributed by atoms with Gasteiger partial charge in [0, 0.05) is 13.0 Å². The molecule has 0 aromatic rings. The Morgan fingerprint density at radius 2 is 1.00 bits per heavy atom. The van der Waals surface area contributed by atoms with E-state index >= 15 is 0 Å². The lowest BCUT2D eigenvalue weighted by Crippen LogP contribution is -2.60. The third-order valence-electron chi connectivity index (χ3n) is 12.6. The van der Waals surface area contributed by atoms with Crippen LogP contribution in [0.3, 0.4) is 0 Å². The molecule has 1 aliphatic heterocycles. The Hall–Kier alpha value is -1.42. The van der Waals surface area contributed by atoms with Crippen molar-refractivity contribution in [3.05, 3.63) is 24.3 Å². The molecule has 0 radical (unpaired) electrons. The van der Waals surface area contributed by atoms with Crippen LogP contribution in [-0.2, 0) is 38.3 Å². The van der Waals surface area contributed by atoms with E-state index in [2.05, 4.69) is 42.3 Å². The number of aliphatic hydroxyl groups excluding tert-OH is 3. The predicted octanol–water partition coefficient (Wildman–Crippen LogP) is 12.8. The van der Waals surface area contributed by atoms with Gasteiger partial charge in [0.2, 0.25) is 0 Å². The minimum Gasteiger partial charge on any atom is -0.457 e. The van der Waals surface area contributed by atoms with Crippen molar-refractivity contribution in [3.8, 4) is 0 Å². The third kappa shape index (κ3) is 37.5. The lowest BCUT2D eigenvalue weighted by molar-refractivity contribution is -0.301. The molecule has 1 aliphatic rings. The molecule has 0 aliphatic carbocycles.